The minimum atomic E-state index is -4.89. The summed E-state index contributed by atoms with van der Waals surface area (Å²) in [6, 6.07) is 11.9. The molecule has 0 saturated heterocycles. The molecule has 0 unspecified atom stereocenters. The molecule has 1 heterocycles. The number of aromatic nitrogens is 1. The lowest BCUT2D eigenvalue weighted by Gasteiger charge is -2.16. The van der Waals surface area contributed by atoms with Crippen LogP contribution in [0, 0.1) is 0 Å². The first-order valence-electron chi connectivity index (χ1n) is 8.37. The van der Waals surface area contributed by atoms with E-state index in [2.05, 4.69) is 4.74 Å². The number of ether oxygens (including phenoxy) is 2. The highest BCUT2D eigenvalue weighted by Gasteiger charge is 2.32. The number of carbonyl (C=O) groups excluding carboxylic acids is 1. The van der Waals surface area contributed by atoms with Crippen molar-refractivity contribution in [1.82, 2.24) is 4.57 Å². The molecule has 8 heteroatoms. The summed E-state index contributed by atoms with van der Waals surface area (Å²) in [5.41, 5.74) is 0.0193. The fraction of sp³-hybridized carbons (Fsp3) is 0.200. The molecular formula is C20H16F3NO4. The van der Waals surface area contributed by atoms with Gasteiger partial charge in [0, 0.05) is 17.6 Å². The number of nitrogens with zero attached hydrogens (tertiary/aromatic N) is 1. The third-order valence-corrected chi connectivity index (χ3v) is 4.04. The fourth-order valence-electron chi connectivity index (χ4n) is 2.87. The smallest absolute Gasteiger partial charge is 0.491 e. The Hall–Kier alpha value is -3.29. The highest BCUT2D eigenvalue weighted by molar-refractivity contribution is 5.96. The van der Waals surface area contributed by atoms with E-state index >= 15 is 0 Å². The number of fused-ring (bicyclic) bond motifs is 1. The van der Waals surface area contributed by atoms with Crippen molar-refractivity contribution >= 4 is 16.7 Å². The molecule has 0 bridgehead atoms. The van der Waals surface area contributed by atoms with Gasteiger partial charge in [0.15, 0.2) is 17.0 Å². The van der Waals surface area contributed by atoms with Gasteiger partial charge in [-0.05, 0) is 31.2 Å². The van der Waals surface area contributed by atoms with Crippen LogP contribution in [-0.4, -0.2) is 23.3 Å². The van der Waals surface area contributed by atoms with Crippen LogP contribution in [0.4, 0.5) is 13.2 Å². The highest BCUT2D eigenvalue weighted by Crippen LogP contribution is 2.29. The van der Waals surface area contributed by atoms with Crippen molar-refractivity contribution in [3.05, 3.63) is 70.5 Å². The van der Waals surface area contributed by atoms with E-state index < -0.39 is 17.5 Å². The van der Waals surface area contributed by atoms with Gasteiger partial charge in [0.25, 0.3) is 0 Å². The molecule has 0 aliphatic rings. The molecule has 146 valence electrons. The number of rotatable bonds is 6. The molecular weight excluding hydrogens is 375 g/mol. The summed E-state index contributed by atoms with van der Waals surface area (Å²) < 4.78 is 49.4. The van der Waals surface area contributed by atoms with E-state index in [-0.39, 0.29) is 29.8 Å². The van der Waals surface area contributed by atoms with E-state index in [1.807, 2.05) is 0 Å². The number of carbonyl (C=O) groups is 1. The number of benzene rings is 2. The quantitative estimate of drug-likeness (QED) is 0.592. The van der Waals surface area contributed by atoms with Crippen LogP contribution in [0.3, 0.4) is 0 Å². The third-order valence-electron chi connectivity index (χ3n) is 4.04. The van der Waals surface area contributed by atoms with Gasteiger partial charge in [-0.15, -0.1) is 13.2 Å². The van der Waals surface area contributed by atoms with E-state index in [9.17, 15) is 22.8 Å². The fourth-order valence-corrected chi connectivity index (χ4v) is 2.87. The second-order valence-electron chi connectivity index (χ2n) is 5.97. The van der Waals surface area contributed by atoms with Crippen molar-refractivity contribution in [3.8, 4) is 11.5 Å². The van der Waals surface area contributed by atoms with E-state index in [1.165, 1.54) is 35.9 Å². The van der Waals surface area contributed by atoms with Crippen LogP contribution in [0.1, 0.15) is 17.3 Å². The Labute approximate surface area is 157 Å². The van der Waals surface area contributed by atoms with Crippen molar-refractivity contribution in [3.63, 3.8) is 0 Å². The lowest BCUT2D eigenvalue weighted by molar-refractivity contribution is -0.274. The first-order valence-corrected chi connectivity index (χ1v) is 8.37. The number of hydrogen-bond donors (Lipinski definition) is 0. The average Bonchev–Trinajstić information content (AvgIpc) is 2.63. The van der Waals surface area contributed by atoms with E-state index in [4.69, 9.17) is 4.74 Å². The summed E-state index contributed by atoms with van der Waals surface area (Å²) in [5.74, 6) is -0.246. The van der Waals surface area contributed by atoms with Crippen LogP contribution >= 0.6 is 0 Å². The van der Waals surface area contributed by atoms with E-state index in [0.717, 1.165) is 6.07 Å². The Balaban J connectivity index is 1.90. The Kier molecular flexibility index (Phi) is 5.39. The molecule has 0 aliphatic heterocycles. The SMILES string of the molecule is CC(=O)c1ccccc1OCCn1ccc(=O)c2cccc(OC(F)(F)F)c21. The number of hydrogen-bond acceptors (Lipinski definition) is 4. The minimum Gasteiger partial charge on any atom is -0.491 e. The molecule has 5 nitrogen and oxygen atoms in total. The Morgan fingerprint density at radius 1 is 1.04 bits per heavy atom. The minimum absolute atomic E-state index is 0.0239. The average molecular weight is 391 g/mol. The van der Waals surface area contributed by atoms with Gasteiger partial charge < -0.3 is 14.0 Å². The van der Waals surface area contributed by atoms with Crippen LogP contribution in [0.2, 0.25) is 0 Å². The number of alkyl halides is 3. The largest absolute Gasteiger partial charge is 0.573 e. The topological polar surface area (TPSA) is 57.5 Å². The van der Waals surface area contributed by atoms with Gasteiger partial charge in [-0.3, -0.25) is 9.59 Å². The van der Waals surface area contributed by atoms with Gasteiger partial charge in [-0.2, -0.15) is 0 Å². The van der Waals surface area contributed by atoms with Crippen molar-refractivity contribution in [2.75, 3.05) is 6.61 Å². The van der Waals surface area contributed by atoms with Gasteiger partial charge in [0.2, 0.25) is 0 Å². The Morgan fingerprint density at radius 3 is 2.46 bits per heavy atom. The standard InChI is InChI=1S/C20H16F3NO4/c1-13(25)14-5-2-3-7-17(14)27-12-11-24-10-9-16(26)15-6-4-8-18(19(15)24)28-20(21,22)23/h2-10H,11-12H2,1H3. The summed E-state index contributed by atoms with van der Waals surface area (Å²) in [5, 5.41) is 0.105. The summed E-state index contributed by atoms with van der Waals surface area (Å²) >= 11 is 0. The molecule has 2 aromatic carbocycles. The van der Waals surface area contributed by atoms with E-state index in [0.29, 0.717) is 11.3 Å². The maximum absolute atomic E-state index is 12.7. The van der Waals surface area contributed by atoms with Gasteiger partial charge in [-0.1, -0.05) is 18.2 Å². The van der Waals surface area contributed by atoms with Crippen molar-refractivity contribution in [1.29, 1.82) is 0 Å². The van der Waals surface area contributed by atoms with Crippen LogP contribution in [-0.2, 0) is 6.54 Å². The van der Waals surface area contributed by atoms with Crippen LogP contribution < -0.4 is 14.9 Å². The lowest BCUT2D eigenvalue weighted by Crippen LogP contribution is -2.20. The monoisotopic (exact) mass is 391 g/mol. The van der Waals surface area contributed by atoms with Gasteiger partial charge >= 0.3 is 6.36 Å². The number of Topliss-reactive ketones (excluding diaryl/α,β-unsaturated/α-hetero) is 1. The summed E-state index contributed by atoms with van der Waals surface area (Å²) in [7, 11) is 0. The summed E-state index contributed by atoms with van der Waals surface area (Å²) in [4.78, 5) is 23.7. The number of halogens is 3. The Bertz CT molecular complexity index is 1070. The first kappa shape index (κ1) is 19.5. The predicted molar refractivity (Wildman–Crippen MR) is 96.8 cm³/mol. The number of pyridine rings is 1. The molecule has 0 aliphatic carbocycles. The predicted octanol–water partition coefficient (Wildman–Crippen LogP) is 4.18. The molecule has 0 amide bonds. The normalized spacial score (nSPS) is 11.4. The molecule has 3 rings (SSSR count). The third kappa shape index (κ3) is 4.33. The molecule has 0 fully saturated rings. The number of para-hydroxylation sites is 2. The molecule has 0 radical (unpaired) electrons. The highest BCUT2D eigenvalue weighted by atomic mass is 19.4. The Morgan fingerprint density at radius 2 is 1.75 bits per heavy atom. The van der Waals surface area contributed by atoms with Crippen LogP contribution in [0.5, 0.6) is 11.5 Å². The molecule has 0 atom stereocenters. The van der Waals surface area contributed by atoms with Crippen molar-refractivity contribution in [2.45, 2.75) is 19.8 Å². The molecule has 0 saturated carbocycles. The zero-order valence-corrected chi connectivity index (χ0v) is 14.8. The van der Waals surface area contributed by atoms with Crippen molar-refractivity contribution < 1.29 is 27.4 Å². The zero-order chi connectivity index (χ0) is 20.3. The number of ketones is 1. The maximum atomic E-state index is 12.7. The summed E-state index contributed by atoms with van der Waals surface area (Å²) in [6.45, 7) is 1.63. The second kappa shape index (κ2) is 7.75. The van der Waals surface area contributed by atoms with Crippen LogP contribution in [0.25, 0.3) is 10.9 Å². The lowest BCUT2D eigenvalue weighted by atomic mass is 10.1. The maximum Gasteiger partial charge on any atom is 0.573 e. The molecule has 0 spiro atoms. The second-order valence-corrected chi connectivity index (χ2v) is 5.97. The van der Waals surface area contributed by atoms with Crippen molar-refractivity contribution in [2.24, 2.45) is 0 Å². The van der Waals surface area contributed by atoms with Gasteiger partial charge in [0.1, 0.15) is 12.4 Å². The molecule has 28 heavy (non-hydrogen) atoms. The van der Waals surface area contributed by atoms with E-state index in [1.54, 1.807) is 24.3 Å². The first-order chi connectivity index (χ1) is 13.3. The van der Waals surface area contributed by atoms with Gasteiger partial charge in [0.05, 0.1) is 17.6 Å². The van der Waals surface area contributed by atoms with Crippen LogP contribution in [0.15, 0.2) is 59.5 Å². The molecule has 0 N–H and O–H groups in total. The zero-order valence-electron chi connectivity index (χ0n) is 14.8. The van der Waals surface area contributed by atoms with Gasteiger partial charge in [-0.25, -0.2) is 0 Å². The summed E-state index contributed by atoms with van der Waals surface area (Å²) in [6.07, 6.45) is -3.50. The molecule has 3 aromatic rings. The molecule has 1 aromatic heterocycles.